The van der Waals surface area contributed by atoms with Gasteiger partial charge in [0.1, 0.15) is 11.3 Å². The number of carbonyl (C=O) groups is 1. The molecule has 0 N–H and O–H groups in total. The van der Waals surface area contributed by atoms with Crippen LogP contribution in [0.25, 0.3) is 11.0 Å². The van der Waals surface area contributed by atoms with Gasteiger partial charge in [0.05, 0.1) is 24.7 Å². The van der Waals surface area contributed by atoms with Gasteiger partial charge in [-0.25, -0.2) is 0 Å². The van der Waals surface area contributed by atoms with Gasteiger partial charge in [-0.2, -0.15) is 0 Å². The number of ketones is 1. The van der Waals surface area contributed by atoms with E-state index < -0.39 is 10.7 Å². The van der Waals surface area contributed by atoms with Gasteiger partial charge in [0.2, 0.25) is 0 Å². The molecular weight excluding hydrogens is 420 g/mol. The standard InChI is InChI=1S/C27H22O4S/c1-27(15-18-16-31-22-12-5-3-10-20(22)25(18)28)24(21-11-4-6-13-23(21)32-27)26(29)17-8-7-9-19(14-17)30-2/h3-14,16,24H,15H2,1-2H3. The monoisotopic (exact) mass is 442 g/mol. The van der Waals surface area contributed by atoms with Crippen molar-refractivity contribution in [1.29, 1.82) is 0 Å². The molecule has 3 aromatic carbocycles. The number of ether oxygens (including phenoxy) is 1. The van der Waals surface area contributed by atoms with Crippen molar-refractivity contribution in [2.45, 2.75) is 28.9 Å². The SMILES string of the molecule is COc1cccc(C(=O)C2c3ccccc3SC2(C)Cc2coc3ccccc3c2=O)c1. The topological polar surface area (TPSA) is 56.5 Å². The van der Waals surface area contributed by atoms with E-state index in [0.29, 0.717) is 34.3 Å². The van der Waals surface area contributed by atoms with Crippen molar-refractivity contribution in [2.24, 2.45) is 0 Å². The minimum absolute atomic E-state index is 0.0222. The molecule has 0 radical (unpaired) electrons. The first-order valence-electron chi connectivity index (χ1n) is 10.5. The summed E-state index contributed by atoms with van der Waals surface area (Å²) in [5.41, 5.74) is 2.70. The number of methoxy groups -OCH3 is 1. The van der Waals surface area contributed by atoms with Crippen LogP contribution in [0, 0.1) is 0 Å². The Balaban J connectivity index is 1.59. The molecule has 0 saturated heterocycles. The largest absolute Gasteiger partial charge is 0.497 e. The lowest BCUT2D eigenvalue weighted by molar-refractivity contribution is 0.0943. The van der Waals surface area contributed by atoms with E-state index in [0.717, 1.165) is 10.5 Å². The van der Waals surface area contributed by atoms with E-state index in [1.807, 2.05) is 54.6 Å². The van der Waals surface area contributed by atoms with Gasteiger partial charge in [-0.15, -0.1) is 11.8 Å². The van der Waals surface area contributed by atoms with Gasteiger partial charge >= 0.3 is 0 Å². The number of hydrogen-bond donors (Lipinski definition) is 0. The van der Waals surface area contributed by atoms with Crippen molar-refractivity contribution in [3.05, 3.63) is 106 Å². The third-order valence-electron chi connectivity index (χ3n) is 6.09. The Labute approximate surface area is 190 Å². The molecule has 5 rings (SSSR count). The molecular formula is C27H22O4S. The van der Waals surface area contributed by atoms with E-state index in [1.54, 1.807) is 43.3 Å². The summed E-state index contributed by atoms with van der Waals surface area (Å²) < 4.78 is 10.5. The average Bonchev–Trinajstić information content (AvgIpc) is 3.12. The van der Waals surface area contributed by atoms with E-state index in [4.69, 9.17) is 9.15 Å². The summed E-state index contributed by atoms with van der Waals surface area (Å²) in [6.45, 7) is 2.06. The highest BCUT2D eigenvalue weighted by Gasteiger charge is 2.48. The molecule has 160 valence electrons. The van der Waals surface area contributed by atoms with Crippen LogP contribution in [0.2, 0.25) is 0 Å². The Hall–Kier alpha value is -3.31. The molecule has 0 aliphatic carbocycles. The number of Topliss-reactive ketones (excluding diaryl/α,β-unsaturated/α-hetero) is 1. The second kappa shape index (κ2) is 7.99. The summed E-state index contributed by atoms with van der Waals surface area (Å²) in [5, 5.41) is 0.560. The first kappa shape index (κ1) is 20.6. The number of fused-ring (bicyclic) bond motifs is 2. The Morgan fingerprint density at radius 3 is 2.69 bits per heavy atom. The van der Waals surface area contributed by atoms with Gasteiger partial charge in [-0.3, -0.25) is 9.59 Å². The van der Waals surface area contributed by atoms with Gasteiger partial charge in [0, 0.05) is 20.8 Å². The maximum Gasteiger partial charge on any atom is 0.195 e. The summed E-state index contributed by atoms with van der Waals surface area (Å²) in [6, 6.07) is 22.5. The minimum atomic E-state index is -0.541. The molecule has 0 bridgehead atoms. The Bertz CT molecular complexity index is 1390. The molecule has 0 spiro atoms. The van der Waals surface area contributed by atoms with Gasteiger partial charge in [-0.05, 0) is 49.2 Å². The summed E-state index contributed by atoms with van der Waals surface area (Å²) >= 11 is 1.66. The van der Waals surface area contributed by atoms with Crippen LogP contribution >= 0.6 is 11.8 Å². The summed E-state index contributed by atoms with van der Waals surface area (Å²) in [4.78, 5) is 28.1. The van der Waals surface area contributed by atoms with Crippen LogP contribution in [0.1, 0.15) is 34.3 Å². The van der Waals surface area contributed by atoms with Crippen LogP contribution in [0.3, 0.4) is 0 Å². The smallest absolute Gasteiger partial charge is 0.195 e. The van der Waals surface area contributed by atoms with Gasteiger partial charge < -0.3 is 9.15 Å². The van der Waals surface area contributed by atoms with Crippen LogP contribution in [-0.2, 0) is 6.42 Å². The van der Waals surface area contributed by atoms with Crippen molar-refractivity contribution >= 4 is 28.5 Å². The third-order valence-corrected chi connectivity index (χ3v) is 7.53. The maximum atomic E-state index is 13.8. The van der Waals surface area contributed by atoms with Crippen molar-refractivity contribution in [3.63, 3.8) is 0 Å². The number of thioether (sulfide) groups is 1. The van der Waals surface area contributed by atoms with E-state index in [2.05, 4.69) is 6.92 Å². The van der Waals surface area contributed by atoms with Crippen molar-refractivity contribution in [3.8, 4) is 5.75 Å². The van der Waals surface area contributed by atoms with E-state index in [1.165, 1.54) is 0 Å². The van der Waals surface area contributed by atoms with Gasteiger partial charge in [0.25, 0.3) is 0 Å². The first-order chi connectivity index (χ1) is 15.5. The lowest BCUT2D eigenvalue weighted by Crippen LogP contribution is -2.35. The summed E-state index contributed by atoms with van der Waals surface area (Å²) in [6.07, 6.45) is 1.96. The lowest BCUT2D eigenvalue weighted by Gasteiger charge is -2.30. The quantitative estimate of drug-likeness (QED) is 0.362. The molecule has 2 atom stereocenters. The highest BCUT2D eigenvalue weighted by molar-refractivity contribution is 8.01. The predicted molar refractivity (Wildman–Crippen MR) is 127 cm³/mol. The van der Waals surface area contributed by atoms with Crippen LogP contribution in [-0.4, -0.2) is 17.6 Å². The third kappa shape index (κ3) is 3.43. The molecule has 2 unspecified atom stereocenters. The molecule has 4 nitrogen and oxygen atoms in total. The lowest BCUT2D eigenvalue weighted by atomic mass is 9.78. The highest BCUT2D eigenvalue weighted by Crippen LogP contribution is 2.55. The second-order valence-corrected chi connectivity index (χ2v) is 9.82. The Morgan fingerprint density at radius 1 is 1.06 bits per heavy atom. The molecule has 4 aromatic rings. The fourth-order valence-electron chi connectivity index (χ4n) is 4.57. The molecule has 2 heterocycles. The van der Waals surface area contributed by atoms with Crippen LogP contribution in [0.5, 0.6) is 5.75 Å². The number of hydrogen-bond acceptors (Lipinski definition) is 5. The fraction of sp³-hybridized carbons (Fsp3) is 0.185. The molecule has 0 amide bonds. The number of benzene rings is 3. The van der Waals surface area contributed by atoms with Gasteiger partial charge in [0.15, 0.2) is 11.2 Å². The number of rotatable bonds is 5. The molecule has 0 saturated carbocycles. The minimum Gasteiger partial charge on any atom is -0.497 e. The van der Waals surface area contributed by atoms with Crippen LogP contribution in [0.4, 0.5) is 0 Å². The van der Waals surface area contributed by atoms with Crippen molar-refractivity contribution < 1.29 is 13.9 Å². The maximum absolute atomic E-state index is 13.8. The zero-order valence-corrected chi connectivity index (χ0v) is 18.6. The highest BCUT2D eigenvalue weighted by atomic mass is 32.2. The molecule has 32 heavy (non-hydrogen) atoms. The summed E-state index contributed by atoms with van der Waals surface area (Å²) in [7, 11) is 1.59. The zero-order chi connectivity index (χ0) is 22.3. The van der Waals surface area contributed by atoms with E-state index in [9.17, 15) is 9.59 Å². The fourth-order valence-corrected chi connectivity index (χ4v) is 6.10. The predicted octanol–water partition coefficient (Wildman–Crippen LogP) is 5.88. The molecule has 0 fully saturated rings. The number of carbonyl (C=O) groups excluding carboxylic acids is 1. The molecule has 1 aliphatic rings. The molecule has 1 aliphatic heterocycles. The first-order valence-corrected chi connectivity index (χ1v) is 11.3. The van der Waals surface area contributed by atoms with Crippen molar-refractivity contribution in [1.82, 2.24) is 0 Å². The van der Waals surface area contributed by atoms with E-state index in [-0.39, 0.29) is 11.2 Å². The van der Waals surface area contributed by atoms with E-state index >= 15 is 0 Å². The van der Waals surface area contributed by atoms with Gasteiger partial charge in [-0.1, -0.05) is 42.5 Å². The normalized spacial score (nSPS) is 19.6. The average molecular weight is 443 g/mol. The Morgan fingerprint density at radius 2 is 1.84 bits per heavy atom. The second-order valence-electron chi connectivity index (χ2n) is 8.24. The Kier molecular flexibility index (Phi) is 5.14. The van der Waals surface area contributed by atoms with Crippen LogP contribution < -0.4 is 10.2 Å². The zero-order valence-electron chi connectivity index (χ0n) is 17.8. The molecule has 5 heteroatoms. The molecule has 1 aromatic heterocycles. The van der Waals surface area contributed by atoms with Crippen molar-refractivity contribution in [2.75, 3.05) is 7.11 Å². The summed E-state index contributed by atoms with van der Waals surface area (Å²) in [5.74, 6) is 0.266. The van der Waals surface area contributed by atoms with Crippen LogP contribution in [0.15, 0.2) is 93.2 Å². The number of para-hydroxylation sites is 1.